The molecule has 0 spiro atoms. The van der Waals surface area contributed by atoms with E-state index in [9.17, 15) is 5.26 Å². The van der Waals surface area contributed by atoms with E-state index in [-0.39, 0.29) is 0 Å². The fraction of sp³-hybridized carbons (Fsp3) is 0.381. The minimum absolute atomic E-state index is 0.550. The number of hydrogen-bond acceptors (Lipinski definition) is 1. The topological polar surface area (TPSA) is 32.7 Å². The zero-order chi connectivity index (χ0) is 16.8. The van der Waals surface area contributed by atoms with E-state index < -0.39 is 5.41 Å². The zero-order valence-electron chi connectivity index (χ0n) is 14.5. The molecule has 2 aromatic rings. The van der Waals surface area contributed by atoms with Gasteiger partial charge in [0.2, 0.25) is 0 Å². The number of benzene rings is 2. The van der Waals surface area contributed by atoms with Gasteiger partial charge in [-0.25, -0.2) is 0 Å². The molecule has 0 amide bonds. The highest BCUT2D eigenvalue weighted by molar-refractivity contribution is 5.45. The normalized spacial score (nSPS) is 21.2. The number of nitrogens with zero attached hydrogens (tertiary/aromatic N) is 1. The second-order valence-corrected chi connectivity index (χ2v) is 6.96. The Morgan fingerprint density at radius 3 is 1.83 bits per heavy atom. The molecule has 1 fully saturated rings. The lowest BCUT2D eigenvalue weighted by molar-refractivity contribution is -1.00. The van der Waals surface area contributed by atoms with Crippen molar-refractivity contribution in [3.05, 3.63) is 71.8 Å². The van der Waals surface area contributed by atoms with Gasteiger partial charge in [-0.2, -0.15) is 5.26 Å². The SMILES string of the molecule is C[NH+]1CC[NH+](CCC(C#N)(c2ccccc2)c2ccccc2)CC1. The highest BCUT2D eigenvalue weighted by atomic mass is 15.2. The number of hydrogen-bond donors (Lipinski definition) is 2. The van der Waals surface area contributed by atoms with E-state index in [1.165, 1.54) is 26.2 Å². The maximum Gasteiger partial charge on any atom is 0.127 e. The number of nitriles is 1. The fourth-order valence-electron chi connectivity index (χ4n) is 3.73. The van der Waals surface area contributed by atoms with Gasteiger partial charge >= 0.3 is 0 Å². The Morgan fingerprint density at radius 2 is 1.38 bits per heavy atom. The highest BCUT2D eigenvalue weighted by Gasteiger charge is 2.36. The van der Waals surface area contributed by atoms with Crippen LogP contribution in [0, 0.1) is 11.3 Å². The Balaban J connectivity index is 1.87. The lowest BCUT2D eigenvalue weighted by atomic mass is 9.73. The zero-order valence-corrected chi connectivity index (χ0v) is 14.5. The molecule has 0 atom stereocenters. The van der Waals surface area contributed by atoms with Crippen LogP contribution in [0.5, 0.6) is 0 Å². The number of nitrogens with one attached hydrogen (secondary N) is 2. The maximum absolute atomic E-state index is 10.2. The molecule has 3 rings (SSSR count). The Bertz CT molecular complexity index is 628. The molecular weight excluding hydrogens is 294 g/mol. The number of quaternary nitrogens is 2. The molecule has 1 saturated heterocycles. The van der Waals surface area contributed by atoms with Crippen molar-refractivity contribution in [2.24, 2.45) is 0 Å². The monoisotopic (exact) mass is 321 g/mol. The predicted molar refractivity (Wildman–Crippen MR) is 96.1 cm³/mol. The van der Waals surface area contributed by atoms with E-state index in [0.29, 0.717) is 0 Å². The third-order valence-electron chi connectivity index (χ3n) is 5.39. The molecule has 1 aliphatic rings. The standard InChI is InChI=1S/C21H25N3/c1-23-14-16-24(17-15-23)13-12-21(18-22,19-8-4-2-5-9-19)20-10-6-3-7-11-20/h2-11H,12-17H2,1H3/p+2. The van der Waals surface area contributed by atoms with Gasteiger partial charge in [-0.05, 0) is 11.1 Å². The molecule has 0 unspecified atom stereocenters. The lowest BCUT2D eigenvalue weighted by Gasteiger charge is -2.32. The summed E-state index contributed by atoms with van der Waals surface area (Å²) in [6.07, 6.45) is 0.867. The number of likely N-dealkylation sites (N-methyl/N-ethyl adjacent to an activating group) is 1. The average molecular weight is 321 g/mol. The van der Waals surface area contributed by atoms with Gasteiger partial charge in [-0.1, -0.05) is 60.7 Å². The van der Waals surface area contributed by atoms with Crippen molar-refractivity contribution in [3.63, 3.8) is 0 Å². The second kappa shape index (κ2) is 7.61. The van der Waals surface area contributed by atoms with Gasteiger partial charge in [0.1, 0.15) is 31.6 Å². The van der Waals surface area contributed by atoms with Crippen LogP contribution in [0.25, 0.3) is 0 Å². The van der Waals surface area contributed by atoms with Crippen LogP contribution < -0.4 is 9.80 Å². The van der Waals surface area contributed by atoms with Crippen molar-refractivity contribution in [3.8, 4) is 6.07 Å². The van der Waals surface area contributed by atoms with E-state index in [4.69, 9.17) is 0 Å². The summed E-state index contributed by atoms with van der Waals surface area (Å²) in [5, 5.41) is 10.2. The summed E-state index contributed by atoms with van der Waals surface area (Å²) < 4.78 is 0. The highest BCUT2D eigenvalue weighted by Crippen LogP contribution is 2.34. The van der Waals surface area contributed by atoms with Gasteiger partial charge in [0.25, 0.3) is 0 Å². The van der Waals surface area contributed by atoms with E-state index >= 15 is 0 Å². The smallest absolute Gasteiger partial charge is 0.127 e. The molecule has 2 N–H and O–H groups in total. The molecule has 0 aromatic heterocycles. The van der Waals surface area contributed by atoms with Gasteiger partial charge in [0.05, 0.1) is 19.7 Å². The van der Waals surface area contributed by atoms with Gasteiger partial charge in [0.15, 0.2) is 0 Å². The van der Waals surface area contributed by atoms with Crippen molar-refractivity contribution in [1.82, 2.24) is 0 Å². The van der Waals surface area contributed by atoms with Gasteiger partial charge in [-0.3, -0.25) is 0 Å². The minimum Gasteiger partial charge on any atom is -0.328 e. The van der Waals surface area contributed by atoms with Crippen molar-refractivity contribution < 1.29 is 9.80 Å². The third kappa shape index (κ3) is 3.51. The Kier molecular flexibility index (Phi) is 5.30. The second-order valence-electron chi connectivity index (χ2n) is 6.96. The predicted octanol–water partition coefficient (Wildman–Crippen LogP) is 0.300. The molecule has 124 valence electrons. The largest absolute Gasteiger partial charge is 0.328 e. The van der Waals surface area contributed by atoms with Crippen LogP contribution in [0.15, 0.2) is 60.7 Å². The molecule has 0 bridgehead atoms. The molecule has 1 heterocycles. The average Bonchev–Trinajstić information content (AvgIpc) is 2.66. The first-order valence-corrected chi connectivity index (χ1v) is 8.92. The van der Waals surface area contributed by atoms with Crippen LogP contribution in [0.1, 0.15) is 17.5 Å². The van der Waals surface area contributed by atoms with Gasteiger partial charge in [0, 0.05) is 6.42 Å². The number of piperazine rings is 1. The fourth-order valence-corrected chi connectivity index (χ4v) is 3.73. The van der Waals surface area contributed by atoms with Crippen molar-refractivity contribution >= 4 is 0 Å². The van der Waals surface area contributed by atoms with Crippen LogP contribution in [-0.2, 0) is 5.41 Å². The summed E-state index contributed by atoms with van der Waals surface area (Å²) in [5.74, 6) is 0. The molecular formula is C21H27N3+2. The first-order valence-electron chi connectivity index (χ1n) is 8.92. The molecule has 2 aromatic carbocycles. The lowest BCUT2D eigenvalue weighted by Crippen LogP contribution is -3.27. The summed E-state index contributed by atoms with van der Waals surface area (Å²) >= 11 is 0. The van der Waals surface area contributed by atoms with Crippen LogP contribution in [-0.4, -0.2) is 39.8 Å². The first kappa shape index (κ1) is 16.7. The van der Waals surface area contributed by atoms with E-state index in [2.05, 4.69) is 37.4 Å². The molecule has 3 nitrogen and oxygen atoms in total. The minimum atomic E-state index is -0.550. The molecule has 1 aliphatic heterocycles. The Hall–Kier alpha value is -2.15. The summed E-state index contributed by atoms with van der Waals surface area (Å²) in [6, 6.07) is 23.3. The van der Waals surface area contributed by atoms with Crippen LogP contribution in [0.2, 0.25) is 0 Å². The van der Waals surface area contributed by atoms with Crippen molar-refractivity contribution in [1.29, 1.82) is 5.26 Å². The summed E-state index contributed by atoms with van der Waals surface area (Å²) in [6.45, 7) is 5.91. The van der Waals surface area contributed by atoms with Crippen molar-refractivity contribution in [2.45, 2.75) is 11.8 Å². The Morgan fingerprint density at radius 1 is 0.875 bits per heavy atom. The molecule has 3 heteroatoms. The Labute approximate surface area is 145 Å². The maximum atomic E-state index is 10.2. The van der Waals surface area contributed by atoms with Crippen LogP contribution in [0.4, 0.5) is 0 Å². The number of rotatable bonds is 5. The molecule has 0 radical (unpaired) electrons. The summed E-state index contributed by atoms with van der Waals surface area (Å²) in [5.41, 5.74) is 1.67. The van der Waals surface area contributed by atoms with Crippen LogP contribution >= 0.6 is 0 Å². The summed E-state index contributed by atoms with van der Waals surface area (Å²) in [7, 11) is 2.27. The first-order chi connectivity index (χ1) is 11.7. The quantitative estimate of drug-likeness (QED) is 0.816. The van der Waals surface area contributed by atoms with Crippen LogP contribution in [0.3, 0.4) is 0 Å². The van der Waals surface area contributed by atoms with Gasteiger partial charge < -0.3 is 9.80 Å². The van der Waals surface area contributed by atoms with E-state index in [1.807, 2.05) is 36.4 Å². The van der Waals surface area contributed by atoms with Crippen molar-refractivity contribution in [2.75, 3.05) is 39.8 Å². The summed E-state index contributed by atoms with van der Waals surface area (Å²) in [4.78, 5) is 3.25. The third-order valence-corrected chi connectivity index (χ3v) is 5.39. The van der Waals surface area contributed by atoms with E-state index in [0.717, 1.165) is 24.1 Å². The molecule has 0 aliphatic carbocycles. The van der Waals surface area contributed by atoms with E-state index in [1.54, 1.807) is 9.80 Å². The van der Waals surface area contributed by atoms with Gasteiger partial charge in [-0.15, -0.1) is 0 Å². The molecule has 0 saturated carbocycles. The molecule has 24 heavy (non-hydrogen) atoms.